The van der Waals surface area contributed by atoms with E-state index in [0.717, 1.165) is 18.5 Å². The van der Waals surface area contributed by atoms with Crippen molar-refractivity contribution < 1.29 is 9.21 Å². The summed E-state index contributed by atoms with van der Waals surface area (Å²) in [6.07, 6.45) is 4.28. The molecule has 1 unspecified atom stereocenters. The number of amides is 1. The fourth-order valence-electron chi connectivity index (χ4n) is 1.76. The molecular weight excluding hydrogens is 180 g/mol. The van der Waals surface area contributed by atoms with Crippen molar-refractivity contribution >= 4 is 5.91 Å². The number of nitrogens with zero attached hydrogens (tertiary/aromatic N) is 1. The summed E-state index contributed by atoms with van der Waals surface area (Å²) < 4.78 is 5.01. The molecule has 0 radical (unpaired) electrons. The summed E-state index contributed by atoms with van der Waals surface area (Å²) in [6, 6.07) is 1.89. The third-order valence-electron chi connectivity index (χ3n) is 2.40. The highest BCUT2D eigenvalue weighted by Crippen LogP contribution is 2.22. The second-order valence-electron chi connectivity index (χ2n) is 3.43. The van der Waals surface area contributed by atoms with Crippen LogP contribution in [0.2, 0.25) is 0 Å². The summed E-state index contributed by atoms with van der Waals surface area (Å²) in [5, 5.41) is 3.16. The monoisotopic (exact) mass is 194 g/mol. The van der Waals surface area contributed by atoms with E-state index < -0.39 is 0 Å². The van der Waals surface area contributed by atoms with Crippen LogP contribution < -0.4 is 5.32 Å². The van der Waals surface area contributed by atoms with E-state index in [1.54, 1.807) is 12.5 Å². The molecule has 0 bridgehead atoms. The Balaban J connectivity index is 2.15. The average Bonchev–Trinajstić information content (AvgIpc) is 2.77. The lowest BCUT2D eigenvalue weighted by Crippen LogP contribution is -2.30. The Morgan fingerprint density at radius 1 is 1.71 bits per heavy atom. The molecule has 4 nitrogen and oxygen atoms in total. The molecule has 1 atom stereocenters. The van der Waals surface area contributed by atoms with Gasteiger partial charge in [-0.3, -0.25) is 10.1 Å². The lowest BCUT2D eigenvalue weighted by molar-refractivity contribution is -0.128. The summed E-state index contributed by atoms with van der Waals surface area (Å²) in [7, 11) is 0. The number of carbonyl (C=O) groups excluding carboxylic acids is 1. The van der Waals surface area contributed by atoms with Gasteiger partial charge in [-0.05, 0) is 12.5 Å². The van der Waals surface area contributed by atoms with Crippen molar-refractivity contribution in [1.29, 1.82) is 0 Å². The van der Waals surface area contributed by atoms with Crippen LogP contribution in [0.15, 0.2) is 23.0 Å². The molecule has 1 aliphatic heterocycles. The van der Waals surface area contributed by atoms with E-state index in [1.165, 1.54) is 0 Å². The first-order valence-electron chi connectivity index (χ1n) is 4.88. The molecule has 1 N–H and O–H groups in total. The van der Waals surface area contributed by atoms with Crippen LogP contribution >= 0.6 is 0 Å². The molecule has 1 aromatic rings. The fraction of sp³-hybridized carbons (Fsp3) is 0.500. The van der Waals surface area contributed by atoms with Crippen molar-refractivity contribution in [1.82, 2.24) is 10.2 Å². The quantitative estimate of drug-likeness (QED) is 0.784. The van der Waals surface area contributed by atoms with E-state index in [4.69, 9.17) is 4.42 Å². The van der Waals surface area contributed by atoms with Crippen molar-refractivity contribution in [3.05, 3.63) is 24.2 Å². The molecule has 2 heterocycles. The van der Waals surface area contributed by atoms with Gasteiger partial charge in [-0.2, -0.15) is 0 Å². The third-order valence-corrected chi connectivity index (χ3v) is 2.40. The molecule has 4 heteroatoms. The molecule has 0 saturated carbocycles. The predicted octanol–water partition coefficient (Wildman–Crippen LogP) is 1.12. The van der Waals surface area contributed by atoms with Crippen LogP contribution in [0.3, 0.4) is 0 Å². The minimum absolute atomic E-state index is 0.00111. The zero-order valence-corrected chi connectivity index (χ0v) is 8.19. The molecule has 1 aliphatic rings. The van der Waals surface area contributed by atoms with Gasteiger partial charge in [-0.1, -0.05) is 6.92 Å². The average molecular weight is 194 g/mol. The van der Waals surface area contributed by atoms with E-state index in [9.17, 15) is 4.79 Å². The Kier molecular flexibility index (Phi) is 2.54. The number of hydrogen-bond donors (Lipinski definition) is 1. The van der Waals surface area contributed by atoms with Crippen LogP contribution in [0.25, 0.3) is 0 Å². The topological polar surface area (TPSA) is 45.5 Å². The van der Waals surface area contributed by atoms with E-state index in [1.807, 2.05) is 11.0 Å². The summed E-state index contributed by atoms with van der Waals surface area (Å²) in [6.45, 7) is 3.29. The predicted molar refractivity (Wildman–Crippen MR) is 51.5 cm³/mol. The first-order valence-corrected chi connectivity index (χ1v) is 4.88. The Morgan fingerprint density at radius 2 is 2.57 bits per heavy atom. The highest BCUT2D eigenvalue weighted by molar-refractivity contribution is 5.80. The maximum Gasteiger partial charge on any atom is 0.238 e. The van der Waals surface area contributed by atoms with Crippen molar-refractivity contribution in [2.75, 3.05) is 13.1 Å². The zero-order valence-electron chi connectivity index (χ0n) is 8.19. The SMILES string of the molecule is CCCN1C(=O)CNC1c1ccoc1. The van der Waals surface area contributed by atoms with E-state index in [-0.39, 0.29) is 12.1 Å². The summed E-state index contributed by atoms with van der Waals surface area (Å²) in [5.74, 6) is 0.165. The number of hydrogen-bond acceptors (Lipinski definition) is 3. The van der Waals surface area contributed by atoms with Crippen molar-refractivity contribution in [3.63, 3.8) is 0 Å². The second kappa shape index (κ2) is 3.84. The lowest BCUT2D eigenvalue weighted by Gasteiger charge is -2.22. The molecule has 1 fully saturated rings. The van der Waals surface area contributed by atoms with Crippen LogP contribution in [0.4, 0.5) is 0 Å². The van der Waals surface area contributed by atoms with Gasteiger partial charge < -0.3 is 9.32 Å². The molecule has 1 amide bonds. The van der Waals surface area contributed by atoms with Gasteiger partial charge in [0.05, 0.1) is 19.1 Å². The first kappa shape index (κ1) is 9.27. The highest BCUT2D eigenvalue weighted by atomic mass is 16.3. The normalized spacial score (nSPS) is 21.9. The second-order valence-corrected chi connectivity index (χ2v) is 3.43. The summed E-state index contributed by atoms with van der Waals surface area (Å²) >= 11 is 0. The van der Waals surface area contributed by atoms with Gasteiger partial charge in [0.25, 0.3) is 0 Å². The van der Waals surface area contributed by atoms with Crippen LogP contribution in [-0.4, -0.2) is 23.9 Å². The Bertz CT molecular complexity index is 308. The van der Waals surface area contributed by atoms with Crippen LogP contribution in [0.1, 0.15) is 25.1 Å². The van der Waals surface area contributed by atoms with Gasteiger partial charge >= 0.3 is 0 Å². The van der Waals surface area contributed by atoms with Gasteiger partial charge in [0.2, 0.25) is 5.91 Å². The van der Waals surface area contributed by atoms with Gasteiger partial charge in [-0.15, -0.1) is 0 Å². The smallest absolute Gasteiger partial charge is 0.238 e. The molecule has 0 spiro atoms. The van der Waals surface area contributed by atoms with E-state index >= 15 is 0 Å². The van der Waals surface area contributed by atoms with E-state index in [2.05, 4.69) is 12.2 Å². The number of rotatable bonds is 3. The van der Waals surface area contributed by atoms with Gasteiger partial charge in [0.15, 0.2) is 0 Å². The van der Waals surface area contributed by atoms with Crippen molar-refractivity contribution in [2.24, 2.45) is 0 Å². The molecule has 14 heavy (non-hydrogen) atoms. The molecule has 1 saturated heterocycles. The molecule has 0 aliphatic carbocycles. The minimum atomic E-state index is 0.00111. The van der Waals surface area contributed by atoms with Gasteiger partial charge in [0, 0.05) is 12.1 Å². The maximum atomic E-state index is 11.5. The van der Waals surface area contributed by atoms with Crippen molar-refractivity contribution in [3.8, 4) is 0 Å². The third kappa shape index (κ3) is 1.53. The number of furan rings is 1. The van der Waals surface area contributed by atoms with Crippen LogP contribution in [0, 0.1) is 0 Å². The zero-order chi connectivity index (χ0) is 9.97. The minimum Gasteiger partial charge on any atom is -0.472 e. The van der Waals surface area contributed by atoms with E-state index in [0.29, 0.717) is 6.54 Å². The molecule has 0 aromatic carbocycles. The van der Waals surface area contributed by atoms with Crippen LogP contribution in [0.5, 0.6) is 0 Å². The number of carbonyl (C=O) groups is 1. The fourth-order valence-corrected chi connectivity index (χ4v) is 1.76. The Hall–Kier alpha value is -1.29. The molecule has 76 valence electrons. The molecule has 2 rings (SSSR count). The number of nitrogens with one attached hydrogen (secondary N) is 1. The summed E-state index contributed by atoms with van der Waals surface area (Å²) in [4.78, 5) is 13.4. The largest absolute Gasteiger partial charge is 0.472 e. The standard InChI is InChI=1S/C10H14N2O2/c1-2-4-12-9(13)6-11-10(12)8-3-5-14-7-8/h3,5,7,10-11H,2,4,6H2,1H3. The van der Waals surface area contributed by atoms with Crippen molar-refractivity contribution in [2.45, 2.75) is 19.5 Å². The van der Waals surface area contributed by atoms with Gasteiger partial charge in [0.1, 0.15) is 6.17 Å². The first-order chi connectivity index (χ1) is 6.83. The van der Waals surface area contributed by atoms with Gasteiger partial charge in [-0.25, -0.2) is 0 Å². The summed E-state index contributed by atoms with van der Waals surface area (Å²) in [5.41, 5.74) is 1.02. The Labute approximate surface area is 82.9 Å². The Morgan fingerprint density at radius 3 is 3.21 bits per heavy atom. The molecular formula is C10H14N2O2. The van der Waals surface area contributed by atoms with Crippen LogP contribution in [-0.2, 0) is 4.79 Å². The maximum absolute atomic E-state index is 11.5. The lowest BCUT2D eigenvalue weighted by atomic mass is 10.2. The molecule has 1 aromatic heterocycles. The highest BCUT2D eigenvalue weighted by Gasteiger charge is 2.31.